The van der Waals surface area contributed by atoms with Crippen molar-refractivity contribution in [1.82, 2.24) is 20.1 Å². The van der Waals surface area contributed by atoms with Crippen LogP contribution in [0.4, 0.5) is 0 Å². The molecule has 2 rings (SSSR count). The Hall–Kier alpha value is -0.850. The average Bonchev–Trinajstić information content (AvgIpc) is 2.96. The third kappa shape index (κ3) is 3.55. The maximum atomic E-state index is 4.17. The molecule has 0 radical (unpaired) electrons. The molecule has 0 saturated heterocycles. The first-order chi connectivity index (χ1) is 8.27. The van der Waals surface area contributed by atoms with E-state index in [0.29, 0.717) is 6.04 Å². The molecule has 1 N–H and O–H groups in total. The van der Waals surface area contributed by atoms with Crippen LogP contribution in [0.5, 0.6) is 0 Å². The van der Waals surface area contributed by atoms with Crippen LogP contribution in [0.2, 0.25) is 0 Å². The predicted molar refractivity (Wildman–Crippen MR) is 72.5 cm³/mol. The van der Waals surface area contributed by atoms with E-state index in [9.17, 15) is 0 Å². The van der Waals surface area contributed by atoms with Gasteiger partial charge in [0.05, 0.1) is 0 Å². The minimum atomic E-state index is 0.426. The van der Waals surface area contributed by atoms with E-state index in [1.165, 1.54) is 4.88 Å². The minimum absolute atomic E-state index is 0.426. The van der Waals surface area contributed by atoms with Crippen LogP contribution >= 0.6 is 23.1 Å². The van der Waals surface area contributed by atoms with E-state index in [4.69, 9.17) is 0 Å². The first kappa shape index (κ1) is 12.6. The molecule has 0 saturated carbocycles. The fourth-order valence-electron chi connectivity index (χ4n) is 1.47. The molecule has 1 unspecified atom stereocenters. The van der Waals surface area contributed by atoms with Crippen LogP contribution < -0.4 is 5.32 Å². The molecule has 2 heterocycles. The summed E-state index contributed by atoms with van der Waals surface area (Å²) in [4.78, 5) is 5.55. The third-order valence-corrected chi connectivity index (χ3v) is 4.51. The van der Waals surface area contributed by atoms with E-state index in [1.807, 2.05) is 7.05 Å². The van der Waals surface area contributed by atoms with Crippen molar-refractivity contribution in [2.45, 2.75) is 18.1 Å². The van der Waals surface area contributed by atoms with Crippen LogP contribution in [0.25, 0.3) is 0 Å². The fraction of sp³-hybridized carbons (Fsp3) is 0.455. The summed E-state index contributed by atoms with van der Waals surface area (Å²) in [5, 5.41) is 10.6. The zero-order valence-electron chi connectivity index (χ0n) is 9.96. The first-order valence-corrected chi connectivity index (χ1v) is 7.37. The number of nitrogens with zero attached hydrogens (tertiary/aromatic N) is 3. The van der Waals surface area contributed by atoms with Gasteiger partial charge in [0, 0.05) is 30.3 Å². The molecule has 6 heteroatoms. The van der Waals surface area contributed by atoms with Gasteiger partial charge in [-0.2, -0.15) is 5.10 Å². The fourth-order valence-corrected chi connectivity index (χ4v) is 2.99. The quantitative estimate of drug-likeness (QED) is 0.645. The van der Waals surface area contributed by atoms with E-state index in [1.54, 1.807) is 34.1 Å². The van der Waals surface area contributed by atoms with E-state index < -0.39 is 0 Å². The Morgan fingerprint density at radius 3 is 3.12 bits per heavy atom. The third-order valence-electron chi connectivity index (χ3n) is 2.42. The molecule has 2 aromatic rings. The summed E-state index contributed by atoms with van der Waals surface area (Å²) in [6.07, 6.45) is 1.59. The molecule has 1 atom stereocenters. The van der Waals surface area contributed by atoms with E-state index >= 15 is 0 Å². The highest BCUT2D eigenvalue weighted by molar-refractivity contribution is 7.99. The van der Waals surface area contributed by atoms with Crippen LogP contribution in [0.3, 0.4) is 0 Å². The van der Waals surface area contributed by atoms with Crippen LogP contribution in [-0.4, -0.2) is 27.1 Å². The zero-order valence-corrected chi connectivity index (χ0v) is 11.6. The number of thioether (sulfide) groups is 1. The standard InChI is InChI=1S/C11H16N4S2/c1-9(10-4-3-6-16-10)12-5-7-17-11-13-8-14-15(11)2/h3-4,6,8-9,12H,5,7H2,1-2H3. The largest absolute Gasteiger partial charge is 0.309 e. The van der Waals surface area contributed by atoms with Crippen molar-refractivity contribution < 1.29 is 0 Å². The van der Waals surface area contributed by atoms with Gasteiger partial charge in [0.15, 0.2) is 5.16 Å². The molecule has 4 nitrogen and oxygen atoms in total. The van der Waals surface area contributed by atoms with E-state index in [2.05, 4.69) is 39.8 Å². The average molecular weight is 268 g/mol. The number of thiophene rings is 1. The Morgan fingerprint density at radius 1 is 1.59 bits per heavy atom. The van der Waals surface area contributed by atoms with Gasteiger partial charge in [-0.3, -0.25) is 0 Å². The van der Waals surface area contributed by atoms with Gasteiger partial charge in [-0.15, -0.1) is 11.3 Å². The van der Waals surface area contributed by atoms with Crippen molar-refractivity contribution in [1.29, 1.82) is 0 Å². The van der Waals surface area contributed by atoms with Gasteiger partial charge in [-0.25, -0.2) is 9.67 Å². The van der Waals surface area contributed by atoms with Gasteiger partial charge in [0.25, 0.3) is 0 Å². The minimum Gasteiger partial charge on any atom is -0.309 e. The molecule has 0 fully saturated rings. The lowest BCUT2D eigenvalue weighted by atomic mass is 10.3. The highest BCUT2D eigenvalue weighted by Gasteiger charge is 2.05. The number of hydrogen-bond donors (Lipinski definition) is 1. The van der Waals surface area contributed by atoms with Gasteiger partial charge in [-0.05, 0) is 18.4 Å². The second-order valence-corrected chi connectivity index (χ2v) is 5.75. The molecule has 2 aromatic heterocycles. The van der Waals surface area contributed by atoms with Gasteiger partial charge in [0.1, 0.15) is 6.33 Å². The molecular weight excluding hydrogens is 252 g/mol. The Balaban J connectivity index is 1.68. The second-order valence-electron chi connectivity index (χ2n) is 3.71. The maximum absolute atomic E-state index is 4.17. The summed E-state index contributed by atoms with van der Waals surface area (Å²) in [5.74, 6) is 1.00. The molecule has 17 heavy (non-hydrogen) atoms. The molecule has 92 valence electrons. The smallest absolute Gasteiger partial charge is 0.185 e. The van der Waals surface area contributed by atoms with Crippen LogP contribution in [0.1, 0.15) is 17.8 Å². The number of aromatic nitrogens is 3. The number of hydrogen-bond acceptors (Lipinski definition) is 5. The van der Waals surface area contributed by atoms with Crippen LogP contribution in [-0.2, 0) is 7.05 Å². The molecule has 0 amide bonds. The summed E-state index contributed by atoms with van der Waals surface area (Å²) in [6, 6.07) is 4.68. The lowest BCUT2D eigenvalue weighted by molar-refractivity contribution is 0.609. The number of aryl methyl sites for hydroxylation is 1. The zero-order chi connectivity index (χ0) is 12.1. The molecule has 0 aromatic carbocycles. The van der Waals surface area contributed by atoms with Crippen molar-refractivity contribution in [3.05, 3.63) is 28.7 Å². The Kier molecular flexibility index (Phi) is 4.58. The topological polar surface area (TPSA) is 42.7 Å². The Bertz CT molecular complexity index is 438. The predicted octanol–water partition coefficient (Wildman–Crippen LogP) is 2.32. The molecule has 0 aliphatic heterocycles. The number of nitrogens with one attached hydrogen (secondary N) is 1. The summed E-state index contributed by atoms with van der Waals surface area (Å²) >= 11 is 3.52. The SMILES string of the molecule is CC(NCCSc1ncnn1C)c1cccs1. The van der Waals surface area contributed by atoms with Crippen molar-refractivity contribution in [2.24, 2.45) is 7.05 Å². The molecule has 0 spiro atoms. The summed E-state index contributed by atoms with van der Waals surface area (Å²) in [7, 11) is 1.91. The van der Waals surface area contributed by atoms with Gasteiger partial charge in [-0.1, -0.05) is 17.8 Å². The van der Waals surface area contributed by atoms with Crippen LogP contribution in [0.15, 0.2) is 29.0 Å². The monoisotopic (exact) mass is 268 g/mol. The Morgan fingerprint density at radius 2 is 2.47 bits per heavy atom. The van der Waals surface area contributed by atoms with Gasteiger partial charge in [0.2, 0.25) is 0 Å². The molecule has 0 aliphatic rings. The van der Waals surface area contributed by atoms with Gasteiger partial charge < -0.3 is 5.32 Å². The Labute approximate surface area is 109 Å². The summed E-state index contributed by atoms with van der Waals surface area (Å²) in [5.41, 5.74) is 0. The van der Waals surface area contributed by atoms with Crippen molar-refractivity contribution in [3.8, 4) is 0 Å². The summed E-state index contributed by atoms with van der Waals surface area (Å²) < 4.78 is 1.80. The highest BCUT2D eigenvalue weighted by Crippen LogP contribution is 2.18. The number of rotatable bonds is 6. The first-order valence-electron chi connectivity index (χ1n) is 5.51. The second kappa shape index (κ2) is 6.18. The van der Waals surface area contributed by atoms with E-state index in [-0.39, 0.29) is 0 Å². The molecule has 0 bridgehead atoms. The maximum Gasteiger partial charge on any atom is 0.185 e. The van der Waals surface area contributed by atoms with Crippen molar-refractivity contribution >= 4 is 23.1 Å². The lowest BCUT2D eigenvalue weighted by Gasteiger charge is -2.11. The van der Waals surface area contributed by atoms with E-state index in [0.717, 1.165) is 17.5 Å². The summed E-state index contributed by atoms with van der Waals surface area (Å²) in [6.45, 7) is 3.16. The normalized spacial score (nSPS) is 12.8. The van der Waals surface area contributed by atoms with Crippen LogP contribution in [0, 0.1) is 0 Å². The molecule has 0 aliphatic carbocycles. The highest BCUT2D eigenvalue weighted by atomic mass is 32.2. The molecular formula is C11H16N4S2. The van der Waals surface area contributed by atoms with Crippen molar-refractivity contribution in [2.75, 3.05) is 12.3 Å². The lowest BCUT2D eigenvalue weighted by Crippen LogP contribution is -2.20. The van der Waals surface area contributed by atoms with Crippen molar-refractivity contribution in [3.63, 3.8) is 0 Å². The van der Waals surface area contributed by atoms with Gasteiger partial charge >= 0.3 is 0 Å².